The number of para-hydroxylation sites is 1. The van der Waals surface area contributed by atoms with Gasteiger partial charge in [-0.1, -0.05) is 18.2 Å². The van der Waals surface area contributed by atoms with E-state index in [1.54, 1.807) is 36.7 Å². The van der Waals surface area contributed by atoms with Crippen LogP contribution in [-0.2, 0) is 0 Å². The van der Waals surface area contributed by atoms with E-state index in [-0.39, 0.29) is 5.69 Å². The van der Waals surface area contributed by atoms with Crippen LogP contribution in [0.5, 0.6) is 5.75 Å². The molecule has 2 aromatic heterocycles. The molecule has 2 heterocycles. The van der Waals surface area contributed by atoms with Crippen molar-refractivity contribution in [1.82, 2.24) is 15.3 Å². The van der Waals surface area contributed by atoms with Gasteiger partial charge in [0.15, 0.2) is 0 Å². The van der Waals surface area contributed by atoms with Crippen LogP contribution < -0.4 is 21.3 Å². The van der Waals surface area contributed by atoms with Gasteiger partial charge in [-0.05, 0) is 6.07 Å². The second-order valence-corrected chi connectivity index (χ2v) is 6.17. The number of pyridine rings is 2. The second-order valence-electron chi connectivity index (χ2n) is 6.17. The molecule has 152 valence electrons. The summed E-state index contributed by atoms with van der Waals surface area (Å²) in [7, 11) is 1.49. The third kappa shape index (κ3) is 4.15. The molecular weight excluding hydrogens is 389 g/mol. The number of nitrogens with two attached hydrogens (primary N) is 1. The molecular formula is C19H17F3N4O3. The fourth-order valence-electron chi connectivity index (χ4n) is 2.96. The first-order chi connectivity index (χ1) is 13.7. The smallest absolute Gasteiger partial charge is 0.390 e. The fraction of sp³-hybridized carbons (Fsp3) is 0.211. The second kappa shape index (κ2) is 7.82. The molecule has 0 aliphatic carbocycles. The highest BCUT2D eigenvalue weighted by Gasteiger charge is 2.27. The monoisotopic (exact) mass is 406 g/mol. The summed E-state index contributed by atoms with van der Waals surface area (Å²) < 4.78 is 42.2. The molecule has 1 aromatic carbocycles. The van der Waals surface area contributed by atoms with Crippen molar-refractivity contribution in [2.75, 3.05) is 19.4 Å². The van der Waals surface area contributed by atoms with Gasteiger partial charge in [-0.3, -0.25) is 14.6 Å². The lowest BCUT2D eigenvalue weighted by Gasteiger charge is -2.14. The third-order valence-corrected chi connectivity index (χ3v) is 4.30. The summed E-state index contributed by atoms with van der Waals surface area (Å²) in [5.41, 5.74) is 6.19. The number of halogens is 3. The van der Waals surface area contributed by atoms with Gasteiger partial charge in [0.25, 0.3) is 11.5 Å². The average Bonchev–Trinajstić information content (AvgIpc) is 2.66. The van der Waals surface area contributed by atoms with E-state index in [1.807, 2.05) is 0 Å². The van der Waals surface area contributed by atoms with Gasteiger partial charge < -0.3 is 20.8 Å². The van der Waals surface area contributed by atoms with Crippen LogP contribution >= 0.6 is 0 Å². The zero-order valence-electron chi connectivity index (χ0n) is 15.3. The minimum Gasteiger partial charge on any atom is -0.496 e. The molecule has 0 radical (unpaired) electrons. The van der Waals surface area contributed by atoms with Gasteiger partial charge in [0.2, 0.25) is 0 Å². The molecule has 0 aliphatic rings. The Morgan fingerprint density at radius 3 is 2.72 bits per heavy atom. The Balaban J connectivity index is 2.07. The average molecular weight is 406 g/mol. The maximum atomic E-state index is 12.5. The van der Waals surface area contributed by atoms with E-state index in [9.17, 15) is 22.8 Å². The van der Waals surface area contributed by atoms with Gasteiger partial charge in [-0.2, -0.15) is 13.2 Å². The summed E-state index contributed by atoms with van der Waals surface area (Å²) in [6.07, 6.45) is -2.53. The van der Waals surface area contributed by atoms with Gasteiger partial charge in [-0.15, -0.1) is 0 Å². The largest absolute Gasteiger partial charge is 0.496 e. The maximum Gasteiger partial charge on any atom is 0.390 e. The number of nitrogens with one attached hydrogen (secondary N) is 2. The fourth-order valence-corrected chi connectivity index (χ4v) is 2.96. The van der Waals surface area contributed by atoms with Crippen molar-refractivity contribution < 1.29 is 22.7 Å². The molecule has 0 saturated carbocycles. The van der Waals surface area contributed by atoms with Crippen LogP contribution in [0.15, 0.2) is 41.5 Å². The van der Waals surface area contributed by atoms with Crippen LogP contribution in [0.25, 0.3) is 22.0 Å². The Morgan fingerprint density at radius 1 is 1.28 bits per heavy atom. The molecule has 7 nitrogen and oxygen atoms in total. The van der Waals surface area contributed by atoms with E-state index in [0.29, 0.717) is 27.8 Å². The number of carbonyl (C=O) groups is 1. The van der Waals surface area contributed by atoms with Gasteiger partial charge in [0, 0.05) is 35.5 Å². The van der Waals surface area contributed by atoms with Crippen LogP contribution in [0.1, 0.15) is 16.8 Å². The van der Waals surface area contributed by atoms with Gasteiger partial charge in [0.05, 0.1) is 24.7 Å². The van der Waals surface area contributed by atoms with Gasteiger partial charge in [-0.25, -0.2) is 0 Å². The number of ether oxygens (including phenoxy) is 1. The molecule has 0 atom stereocenters. The molecule has 29 heavy (non-hydrogen) atoms. The number of nitrogens with zero attached hydrogens (tertiary/aromatic N) is 1. The van der Waals surface area contributed by atoms with Gasteiger partial charge >= 0.3 is 6.18 Å². The zero-order valence-corrected chi connectivity index (χ0v) is 15.3. The van der Waals surface area contributed by atoms with Crippen molar-refractivity contribution in [2.45, 2.75) is 12.6 Å². The Kier molecular flexibility index (Phi) is 5.44. The molecule has 10 heteroatoms. The van der Waals surface area contributed by atoms with Crippen molar-refractivity contribution in [2.24, 2.45) is 0 Å². The quantitative estimate of drug-likeness (QED) is 0.604. The molecule has 0 spiro atoms. The number of anilines is 1. The van der Waals surface area contributed by atoms with Crippen LogP contribution in [0.2, 0.25) is 0 Å². The van der Waals surface area contributed by atoms with Crippen molar-refractivity contribution >= 4 is 22.5 Å². The van der Waals surface area contributed by atoms with Crippen LogP contribution in [-0.4, -0.2) is 35.7 Å². The number of fused-ring (bicyclic) bond motifs is 1. The number of nitrogen functional groups attached to an aromatic ring is 1. The van der Waals surface area contributed by atoms with Crippen molar-refractivity contribution in [3.63, 3.8) is 0 Å². The lowest BCUT2D eigenvalue weighted by molar-refractivity contribution is -0.132. The number of methoxy groups -OCH3 is 1. The first-order valence-corrected chi connectivity index (χ1v) is 8.50. The van der Waals surface area contributed by atoms with Crippen LogP contribution in [0, 0.1) is 0 Å². The van der Waals surface area contributed by atoms with E-state index < -0.39 is 36.2 Å². The standard InChI is InChI=1S/C19H17F3N4O3/c1-29-13-5-7-24-9-12(13)10-3-2-4-11-15(23)14(18(28)26-16(10)11)17(27)25-8-6-19(20,21)22/h2-5,7,9H,6,8H2,1H3,(H,25,27)(H3,23,26,28). The molecule has 0 bridgehead atoms. The van der Waals surface area contributed by atoms with Crippen LogP contribution in [0.4, 0.5) is 18.9 Å². The molecule has 0 saturated heterocycles. The van der Waals surface area contributed by atoms with Crippen molar-refractivity contribution in [1.29, 1.82) is 0 Å². The first-order valence-electron chi connectivity index (χ1n) is 8.50. The zero-order chi connectivity index (χ0) is 21.2. The highest BCUT2D eigenvalue weighted by Crippen LogP contribution is 2.34. The minimum absolute atomic E-state index is 0.127. The number of benzene rings is 1. The Morgan fingerprint density at radius 2 is 2.03 bits per heavy atom. The number of carbonyl (C=O) groups excluding carboxylic acids is 1. The maximum absolute atomic E-state index is 12.5. The highest BCUT2D eigenvalue weighted by molar-refractivity contribution is 6.09. The Labute approximate surface area is 162 Å². The predicted molar refractivity (Wildman–Crippen MR) is 102 cm³/mol. The summed E-state index contributed by atoms with van der Waals surface area (Å²) in [5, 5.41) is 2.45. The lowest BCUT2D eigenvalue weighted by Crippen LogP contribution is -2.33. The van der Waals surface area contributed by atoms with E-state index in [2.05, 4.69) is 15.3 Å². The molecule has 1 amide bonds. The Hall–Kier alpha value is -3.56. The lowest BCUT2D eigenvalue weighted by atomic mass is 10.0. The summed E-state index contributed by atoms with van der Waals surface area (Å²) in [4.78, 5) is 31.5. The number of aromatic amines is 1. The van der Waals surface area contributed by atoms with E-state index in [4.69, 9.17) is 10.5 Å². The van der Waals surface area contributed by atoms with Crippen molar-refractivity contribution in [3.8, 4) is 16.9 Å². The van der Waals surface area contributed by atoms with E-state index in [0.717, 1.165) is 0 Å². The van der Waals surface area contributed by atoms with Crippen LogP contribution in [0.3, 0.4) is 0 Å². The summed E-state index contributed by atoms with van der Waals surface area (Å²) in [6, 6.07) is 6.64. The molecule has 0 unspecified atom stereocenters. The van der Waals surface area contributed by atoms with E-state index in [1.165, 1.54) is 7.11 Å². The normalized spacial score (nSPS) is 11.4. The number of hydrogen-bond acceptors (Lipinski definition) is 5. The van der Waals surface area contributed by atoms with Gasteiger partial charge in [0.1, 0.15) is 11.3 Å². The van der Waals surface area contributed by atoms with E-state index >= 15 is 0 Å². The first kappa shape index (κ1) is 20.2. The Bertz CT molecular complexity index is 1130. The number of H-pyrrole nitrogens is 1. The molecule has 3 aromatic rings. The molecule has 3 rings (SSSR count). The number of alkyl halides is 3. The minimum atomic E-state index is -4.42. The SMILES string of the molecule is COc1ccncc1-c1cccc2c(N)c(C(=O)NCCC(F)(F)F)c(=O)[nH]c12. The topological polar surface area (TPSA) is 110 Å². The molecule has 4 N–H and O–H groups in total. The molecule has 0 fully saturated rings. The number of hydrogen-bond donors (Lipinski definition) is 3. The highest BCUT2D eigenvalue weighted by atomic mass is 19.4. The number of amides is 1. The van der Waals surface area contributed by atoms with Crippen molar-refractivity contribution in [3.05, 3.63) is 52.6 Å². The summed E-state index contributed by atoms with van der Waals surface area (Å²) in [6.45, 7) is -0.661. The summed E-state index contributed by atoms with van der Waals surface area (Å²) >= 11 is 0. The summed E-state index contributed by atoms with van der Waals surface area (Å²) in [5.74, 6) is -0.458. The molecule has 0 aliphatic heterocycles. The third-order valence-electron chi connectivity index (χ3n) is 4.30. The number of aromatic nitrogens is 2. The predicted octanol–water partition coefficient (Wildman–Crippen LogP) is 2.86. The number of rotatable bonds is 5.